The Balaban J connectivity index is 2.41. The lowest BCUT2D eigenvalue weighted by molar-refractivity contribution is 0.457. The van der Waals surface area contributed by atoms with Crippen molar-refractivity contribution in [2.75, 3.05) is 0 Å². The van der Waals surface area contributed by atoms with E-state index < -0.39 is 0 Å². The van der Waals surface area contributed by atoms with Crippen LogP contribution >= 0.6 is 0 Å². The number of imidazole rings is 1. The quantitative estimate of drug-likeness (QED) is 0.695. The van der Waals surface area contributed by atoms with Crippen LogP contribution in [0.4, 0.5) is 0 Å². The van der Waals surface area contributed by atoms with Gasteiger partial charge in [-0.2, -0.15) is 0 Å². The molecule has 0 saturated carbocycles. The van der Waals surface area contributed by atoms with Gasteiger partial charge in [0.2, 0.25) is 5.88 Å². The van der Waals surface area contributed by atoms with Crippen molar-refractivity contribution in [3.63, 3.8) is 0 Å². The van der Waals surface area contributed by atoms with Crippen LogP contribution in [0.3, 0.4) is 0 Å². The summed E-state index contributed by atoms with van der Waals surface area (Å²) in [5.74, 6) is 0.785. The van der Waals surface area contributed by atoms with E-state index in [4.69, 9.17) is 5.11 Å². The van der Waals surface area contributed by atoms with Gasteiger partial charge in [0.1, 0.15) is 5.82 Å². The number of rotatable bonds is 1. The van der Waals surface area contributed by atoms with Crippen molar-refractivity contribution < 1.29 is 5.11 Å². The topological polar surface area (TPSA) is 48.9 Å². The number of aromatic hydroxyl groups is 1. The van der Waals surface area contributed by atoms with Gasteiger partial charge in [0.05, 0.1) is 6.20 Å². The van der Waals surface area contributed by atoms with E-state index in [2.05, 4.69) is 9.97 Å². The number of aryl methyl sites for hydroxylation is 1. The van der Waals surface area contributed by atoms with Crippen molar-refractivity contribution >= 4 is 0 Å². The lowest BCUT2D eigenvalue weighted by Gasteiger charge is -1.96. The monoisotopic (exact) mass is 174 g/mol. The van der Waals surface area contributed by atoms with E-state index >= 15 is 0 Å². The minimum atomic E-state index is 0.0931. The standard InChI is InChI=1S/C10H10N2O/c1-7-2-4-8(5-3-7)10-11-6-9(13)12-10/h2-6,13H,1H3,(H,11,12). The van der Waals surface area contributed by atoms with Crippen LogP contribution in [0.5, 0.6) is 5.88 Å². The fourth-order valence-corrected chi connectivity index (χ4v) is 1.17. The SMILES string of the molecule is Cc1ccc(-c2ncc(O)[nH]2)cc1. The molecule has 0 radical (unpaired) electrons. The molecule has 0 fully saturated rings. The van der Waals surface area contributed by atoms with Crippen molar-refractivity contribution in [2.45, 2.75) is 6.92 Å². The molecule has 13 heavy (non-hydrogen) atoms. The summed E-state index contributed by atoms with van der Waals surface area (Å²) in [5.41, 5.74) is 2.19. The summed E-state index contributed by atoms with van der Waals surface area (Å²) in [7, 11) is 0. The maximum absolute atomic E-state index is 9.05. The molecule has 0 aliphatic heterocycles. The molecule has 1 heterocycles. The Hall–Kier alpha value is -1.77. The summed E-state index contributed by atoms with van der Waals surface area (Å²) in [6.45, 7) is 2.03. The molecule has 1 aromatic carbocycles. The molecule has 3 nitrogen and oxygen atoms in total. The summed E-state index contributed by atoms with van der Waals surface area (Å²) in [5, 5.41) is 9.05. The van der Waals surface area contributed by atoms with Gasteiger partial charge in [-0.25, -0.2) is 4.98 Å². The second kappa shape index (κ2) is 2.94. The molecule has 0 amide bonds. The highest BCUT2D eigenvalue weighted by molar-refractivity contribution is 5.55. The first-order valence-corrected chi connectivity index (χ1v) is 4.07. The molecule has 1 aromatic heterocycles. The van der Waals surface area contributed by atoms with Gasteiger partial charge in [-0.15, -0.1) is 0 Å². The third kappa shape index (κ3) is 1.54. The largest absolute Gasteiger partial charge is 0.493 e. The molecule has 0 atom stereocenters. The van der Waals surface area contributed by atoms with Gasteiger partial charge in [0, 0.05) is 5.56 Å². The van der Waals surface area contributed by atoms with Gasteiger partial charge >= 0.3 is 0 Å². The Bertz CT molecular complexity index is 403. The van der Waals surface area contributed by atoms with Gasteiger partial charge < -0.3 is 10.1 Å². The smallest absolute Gasteiger partial charge is 0.208 e. The van der Waals surface area contributed by atoms with Crippen LogP contribution in [0.1, 0.15) is 5.56 Å². The number of nitrogens with one attached hydrogen (secondary N) is 1. The highest BCUT2D eigenvalue weighted by Gasteiger charge is 2.00. The highest BCUT2D eigenvalue weighted by Crippen LogP contribution is 2.17. The fraction of sp³-hybridized carbons (Fsp3) is 0.100. The second-order valence-electron chi connectivity index (χ2n) is 2.98. The number of hydrogen-bond acceptors (Lipinski definition) is 2. The Kier molecular flexibility index (Phi) is 1.77. The fourth-order valence-electron chi connectivity index (χ4n) is 1.17. The van der Waals surface area contributed by atoms with Crippen LogP contribution in [0.15, 0.2) is 30.5 Å². The lowest BCUT2D eigenvalue weighted by atomic mass is 10.1. The lowest BCUT2D eigenvalue weighted by Crippen LogP contribution is -1.79. The van der Waals surface area contributed by atoms with Crippen LogP contribution in [0.25, 0.3) is 11.4 Å². The van der Waals surface area contributed by atoms with Crippen LogP contribution < -0.4 is 0 Å². The van der Waals surface area contributed by atoms with Crippen molar-refractivity contribution in [1.29, 1.82) is 0 Å². The number of aromatic nitrogens is 2. The Morgan fingerprint density at radius 3 is 2.46 bits per heavy atom. The zero-order valence-electron chi connectivity index (χ0n) is 7.28. The zero-order valence-corrected chi connectivity index (χ0v) is 7.28. The maximum Gasteiger partial charge on any atom is 0.208 e. The van der Waals surface area contributed by atoms with Crippen molar-refractivity contribution in [1.82, 2.24) is 9.97 Å². The normalized spacial score (nSPS) is 10.2. The number of hydrogen-bond donors (Lipinski definition) is 2. The molecular weight excluding hydrogens is 164 g/mol. The van der Waals surface area contributed by atoms with Gasteiger partial charge in [0.15, 0.2) is 0 Å². The van der Waals surface area contributed by atoms with E-state index in [1.807, 2.05) is 31.2 Å². The molecule has 0 saturated heterocycles. The summed E-state index contributed by atoms with van der Waals surface area (Å²) in [6, 6.07) is 7.95. The van der Waals surface area contributed by atoms with Crippen molar-refractivity contribution in [3.05, 3.63) is 36.0 Å². The molecule has 0 aliphatic rings. The average Bonchev–Trinajstić information content (AvgIpc) is 2.53. The number of H-pyrrole nitrogens is 1. The first kappa shape index (κ1) is 7.86. The molecular formula is C10H10N2O. The molecule has 0 aliphatic carbocycles. The molecule has 2 rings (SSSR count). The maximum atomic E-state index is 9.05. The van der Waals surface area contributed by atoms with Gasteiger partial charge in [-0.05, 0) is 6.92 Å². The second-order valence-corrected chi connectivity index (χ2v) is 2.98. The Morgan fingerprint density at radius 2 is 1.92 bits per heavy atom. The Labute approximate surface area is 76.1 Å². The first-order chi connectivity index (χ1) is 6.25. The molecule has 0 spiro atoms. The van der Waals surface area contributed by atoms with Gasteiger partial charge in [-0.3, -0.25) is 0 Å². The van der Waals surface area contributed by atoms with Crippen LogP contribution in [0, 0.1) is 6.92 Å². The third-order valence-corrected chi connectivity index (χ3v) is 1.89. The number of aromatic amines is 1. The minimum absolute atomic E-state index is 0.0931. The van der Waals surface area contributed by atoms with Crippen molar-refractivity contribution in [2.24, 2.45) is 0 Å². The summed E-state index contributed by atoms with van der Waals surface area (Å²) in [6.07, 6.45) is 1.40. The van der Waals surface area contributed by atoms with Gasteiger partial charge in [-0.1, -0.05) is 29.8 Å². The van der Waals surface area contributed by atoms with E-state index in [0.29, 0.717) is 5.82 Å². The zero-order chi connectivity index (χ0) is 9.26. The van der Waals surface area contributed by atoms with Crippen molar-refractivity contribution in [3.8, 4) is 17.3 Å². The van der Waals surface area contributed by atoms with E-state index in [-0.39, 0.29) is 5.88 Å². The van der Waals surface area contributed by atoms with Crippen LogP contribution in [0.2, 0.25) is 0 Å². The molecule has 3 heteroatoms. The molecule has 0 bridgehead atoms. The Morgan fingerprint density at radius 1 is 1.23 bits per heavy atom. The summed E-state index contributed by atoms with van der Waals surface area (Å²) in [4.78, 5) is 6.77. The van der Waals surface area contributed by atoms with E-state index in [1.54, 1.807) is 0 Å². The third-order valence-electron chi connectivity index (χ3n) is 1.89. The first-order valence-electron chi connectivity index (χ1n) is 4.07. The number of benzene rings is 1. The molecule has 2 N–H and O–H groups in total. The summed E-state index contributed by atoms with van der Waals surface area (Å²) < 4.78 is 0. The average molecular weight is 174 g/mol. The van der Waals surface area contributed by atoms with E-state index in [0.717, 1.165) is 5.56 Å². The number of nitrogens with zero attached hydrogens (tertiary/aromatic N) is 1. The van der Waals surface area contributed by atoms with Gasteiger partial charge in [0.25, 0.3) is 0 Å². The summed E-state index contributed by atoms with van der Waals surface area (Å²) >= 11 is 0. The van der Waals surface area contributed by atoms with E-state index in [9.17, 15) is 0 Å². The molecule has 66 valence electrons. The predicted octanol–water partition coefficient (Wildman–Crippen LogP) is 2.09. The van der Waals surface area contributed by atoms with Crippen LogP contribution in [-0.2, 0) is 0 Å². The highest BCUT2D eigenvalue weighted by atomic mass is 16.3. The minimum Gasteiger partial charge on any atom is -0.493 e. The van der Waals surface area contributed by atoms with E-state index in [1.165, 1.54) is 11.8 Å². The molecule has 2 aromatic rings. The van der Waals surface area contributed by atoms with Crippen LogP contribution in [-0.4, -0.2) is 15.1 Å². The predicted molar refractivity (Wildman–Crippen MR) is 50.4 cm³/mol. The molecule has 0 unspecified atom stereocenters.